The number of fused-ring (bicyclic) bond motifs is 1. The number of hydrogen-bond donors (Lipinski definition) is 1. The maximum atomic E-state index is 13.0. The summed E-state index contributed by atoms with van der Waals surface area (Å²) in [6, 6.07) is 18.2. The molecule has 8 heteroatoms. The van der Waals surface area contributed by atoms with Crippen LogP contribution in [0.4, 0.5) is 0 Å². The van der Waals surface area contributed by atoms with E-state index in [0.29, 0.717) is 18.5 Å². The van der Waals surface area contributed by atoms with Gasteiger partial charge in [-0.1, -0.05) is 112 Å². The van der Waals surface area contributed by atoms with Gasteiger partial charge in [0.2, 0.25) is 5.51 Å². The topological polar surface area (TPSA) is 68.9 Å². The number of thiazole rings is 1. The Labute approximate surface area is 242 Å². The summed E-state index contributed by atoms with van der Waals surface area (Å²) in [7, 11) is -4.44. The lowest BCUT2D eigenvalue weighted by Crippen LogP contribution is -2.30. The Bertz CT molecular complexity index is 1360. The van der Waals surface area contributed by atoms with Crippen LogP contribution in [0.1, 0.15) is 76.7 Å². The van der Waals surface area contributed by atoms with E-state index in [9.17, 15) is 9.46 Å². The Balaban J connectivity index is 1.29. The second-order valence-corrected chi connectivity index (χ2v) is 12.2. The van der Waals surface area contributed by atoms with Crippen molar-refractivity contribution >= 4 is 29.9 Å². The van der Waals surface area contributed by atoms with Crippen LogP contribution in [0.25, 0.3) is 10.8 Å². The Morgan fingerprint density at radius 1 is 0.800 bits per heavy atom. The van der Waals surface area contributed by atoms with Gasteiger partial charge in [0.15, 0.2) is 12.7 Å². The van der Waals surface area contributed by atoms with Gasteiger partial charge >= 0.3 is 7.82 Å². The average Bonchev–Trinajstić information content (AvgIpc) is 3.45. The number of phosphoric ester groups is 1. The van der Waals surface area contributed by atoms with Gasteiger partial charge < -0.3 is 13.8 Å². The van der Waals surface area contributed by atoms with E-state index >= 15 is 0 Å². The number of rotatable bonds is 18. The summed E-state index contributed by atoms with van der Waals surface area (Å²) in [6.45, 7) is 3.54. The summed E-state index contributed by atoms with van der Waals surface area (Å²) in [5.41, 5.74) is 2.96. The normalized spacial score (nSPS) is 12.8. The number of hydrogen-bond acceptors (Lipinski definition) is 5. The van der Waals surface area contributed by atoms with Crippen LogP contribution < -0.4 is 18.4 Å². The first-order valence-electron chi connectivity index (χ1n) is 14.4. The van der Waals surface area contributed by atoms with Gasteiger partial charge in [0.05, 0.1) is 12.0 Å². The third-order valence-electron chi connectivity index (χ3n) is 6.82. The first kappa shape index (κ1) is 30.1. The zero-order valence-electron chi connectivity index (χ0n) is 23.4. The summed E-state index contributed by atoms with van der Waals surface area (Å²) in [6.07, 6.45) is 14.8. The number of ether oxygens (including phenoxy) is 1. The van der Waals surface area contributed by atoms with Crippen LogP contribution in [0.5, 0.6) is 17.2 Å². The zero-order chi connectivity index (χ0) is 28.0. The third kappa shape index (κ3) is 9.65. The molecule has 0 saturated carbocycles. The molecular formula is C32H41NO5PS+. The number of unbranched alkanes of at least 4 members (excludes halogenated alkanes) is 9. The van der Waals surface area contributed by atoms with Gasteiger partial charge in [-0.15, -0.1) is 0 Å². The molecule has 4 aromatic rings. The number of benzene rings is 3. The molecule has 1 aromatic heterocycles. The average molecular weight is 583 g/mol. The van der Waals surface area contributed by atoms with Crippen molar-refractivity contribution in [2.75, 3.05) is 6.61 Å². The first-order chi connectivity index (χ1) is 19.5. The fraction of sp³-hybridized carbons (Fsp3) is 0.406. The van der Waals surface area contributed by atoms with Crippen LogP contribution in [0.15, 0.2) is 77.8 Å². The lowest BCUT2D eigenvalue weighted by Gasteiger charge is -2.16. The summed E-state index contributed by atoms with van der Waals surface area (Å²) < 4.78 is 32.1. The predicted octanol–water partition coefficient (Wildman–Crippen LogP) is 9.10. The van der Waals surface area contributed by atoms with Crippen LogP contribution in [-0.4, -0.2) is 11.5 Å². The maximum absolute atomic E-state index is 13.0. The molecule has 0 aliphatic carbocycles. The van der Waals surface area contributed by atoms with E-state index in [0.717, 1.165) is 29.5 Å². The molecule has 0 aliphatic heterocycles. The van der Waals surface area contributed by atoms with Gasteiger partial charge in [0.1, 0.15) is 17.2 Å². The highest BCUT2D eigenvalue weighted by Crippen LogP contribution is 2.47. The number of nitrogens with zero attached hydrogens (tertiary/aromatic N) is 1. The summed E-state index contributed by atoms with van der Waals surface area (Å²) in [5, 5.41) is 3.53. The Hall–Kier alpha value is -2.86. The molecule has 0 bridgehead atoms. The molecule has 0 amide bonds. The van der Waals surface area contributed by atoms with Crippen LogP contribution >= 0.6 is 19.2 Å². The van der Waals surface area contributed by atoms with Crippen LogP contribution in [0, 0.1) is 0 Å². The standard InChI is InChI=1S/C32H40NO5PS/c1-2-3-4-5-6-7-8-9-10-11-22-36-31-19-13-18-30-29(31)17-14-20-32(30)38-39(34,35)37-28-16-12-15-27(24-28)25-33-21-23-40-26-33/h12-21,23-24,26H,2-11,22,25H2,1H3/p+1. The van der Waals surface area contributed by atoms with E-state index in [-0.39, 0.29) is 11.5 Å². The SMILES string of the molecule is CCCCCCCCCCCCOc1cccc2c(OP(=O)(O)Oc3cccc(C[n+]4ccsc4)c3)cccc12. The van der Waals surface area contributed by atoms with Gasteiger partial charge in [0.25, 0.3) is 0 Å². The maximum Gasteiger partial charge on any atom is 0.584 e. The smallest absolute Gasteiger partial charge is 0.493 e. The van der Waals surface area contributed by atoms with Crippen molar-refractivity contribution in [2.24, 2.45) is 0 Å². The van der Waals surface area contributed by atoms with Crippen molar-refractivity contribution in [3.63, 3.8) is 0 Å². The minimum Gasteiger partial charge on any atom is -0.493 e. The van der Waals surface area contributed by atoms with E-state index in [1.165, 1.54) is 51.4 Å². The van der Waals surface area contributed by atoms with Crippen LogP contribution in [0.2, 0.25) is 0 Å². The fourth-order valence-corrected chi connectivity index (χ4v) is 6.19. The lowest BCUT2D eigenvalue weighted by molar-refractivity contribution is -0.683. The molecule has 0 saturated heterocycles. The van der Waals surface area contributed by atoms with Crippen molar-refractivity contribution in [1.29, 1.82) is 0 Å². The van der Waals surface area contributed by atoms with E-state index in [1.807, 2.05) is 52.0 Å². The van der Waals surface area contributed by atoms with Gasteiger partial charge in [-0.25, -0.2) is 4.57 Å². The van der Waals surface area contributed by atoms with E-state index in [4.69, 9.17) is 13.8 Å². The fourth-order valence-electron chi connectivity index (χ4n) is 4.77. The molecular weight excluding hydrogens is 541 g/mol. The van der Waals surface area contributed by atoms with E-state index in [1.54, 1.807) is 41.7 Å². The Kier molecular flexibility index (Phi) is 11.9. The van der Waals surface area contributed by atoms with E-state index < -0.39 is 7.82 Å². The van der Waals surface area contributed by atoms with Gasteiger partial charge in [-0.3, -0.25) is 4.89 Å². The molecule has 0 radical (unpaired) electrons. The highest BCUT2D eigenvalue weighted by Gasteiger charge is 2.26. The number of phosphoric acid groups is 1. The van der Waals surface area contributed by atoms with Gasteiger partial charge in [0, 0.05) is 16.3 Å². The molecule has 1 unspecified atom stereocenters. The second kappa shape index (κ2) is 15.8. The molecule has 0 aliphatic rings. The van der Waals surface area contributed by atoms with Crippen molar-refractivity contribution in [2.45, 2.75) is 77.7 Å². The van der Waals surface area contributed by atoms with Gasteiger partial charge in [-0.05, 0) is 30.7 Å². The molecule has 0 fully saturated rings. The Morgan fingerprint density at radius 2 is 1.45 bits per heavy atom. The monoisotopic (exact) mass is 582 g/mol. The van der Waals surface area contributed by atoms with Crippen LogP contribution in [-0.2, 0) is 11.1 Å². The lowest BCUT2D eigenvalue weighted by atomic mass is 10.1. The molecule has 40 heavy (non-hydrogen) atoms. The highest BCUT2D eigenvalue weighted by atomic mass is 32.1. The zero-order valence-corrected chi connectivity index (χ0v) is 25.1. The van der Waals surface area contributed by atoms with Crippen molar-refractivity contribution in [1.82, 2.24) is 0 Å². The third-order valence-corrected chi connectivity index (χ3v) is 8.36. The van der Waals surface area contributed by atoms with Crippen molar-refractivity contribution in [3.8, 4) is 17.2 Å². The summed E-state index contributed by atoms with van der Waals surface area (Å²) >= 11 is 1.61. The Morgan fingerprint density at radius 3 is 2.15 bits per heavy atom. The first-order valence-corrected chi connectivity index (χ1v) is 16.8. The van der Waals surface area contributed by atoms with Gasteiger partial charge in [-0.2, -0.15) is 4.57 Å². The second-order valence-electron chi connectivity index (χ2n) is 10.1. The van der Waals surface area contributed by atoms with Crippen molar-refractivity contribution < 1.29 is 27.8 Å². The quantitative estimate of drug-likeness (QED) is 0.0720. The summed E-state index contributed by atoms with van der Waals surface area (Å²) in [5.74, 6) is 1.30. The van der Waals surface area contributed by atoms with E-state index in [2.05, 4.69) is 6.92 Å². The molecule has 4 rings (SSSR count). The number of aromatic nitrogens is 1. The molecule has 3 aromatic carbocycles. The minimum absolute atomic E-state index is 0.276. The molecule has 1 heterocycles. The molecule has 0 spiro atoms. The molecule has 1 N–H and O–H groups in total. The minimum atomic E-state index is -4.44. The predicted molar refractivity (Wildman–Crippen MR) is 162 cm³/mol. The van der Waals surface area contributed by atoms with Crippen LogP contribution in [0.3, 0.4) is 0 Å². The summed E-state index contributed by atoms with van der Waals surface area (Å²) in [4.78, 5) is 10.6. The molecule has 1 atom stereocenters. The largest absolute Gasteiger partial charge is 0.584 e. The molecule has 6 nitrogen and oxygen atoms in total. The highest BCUT2D eigenvalue weighted by molar-refractivity contribution is 7.48. The van der Waals surface area contributed by atoms with Crippen molar-refractivity contribution in [3.05, 3.63) is 83.3 Å². The molecule has 214 valence electrons.